The Balaban J connectivity index is 2.58. The van der Waals surface area contributed by atoms with Gasteiger partial charge in [0.15, 0.2) is 11.5 Å². The second kappa shape index (κ2) is 7.92. The number of alkyl halides is 3. The Morgan fingerprint density at radius 2 is 2.04 bits per heavy atom. The molecule has 0 unspecified atom stereocenters. The number of aromatic hydroxyl groups is 1. The summed E-state index contributed by atoms with van der Waals surface area (Å²) >= 11 is 6.75. The average Bonchev–Trinajstić information content (AvgIpc) is 3.09. The molecule has 0 saturated heterocycles. The third kappa shape index (κ3) is 4.44. The van der Waals surface area contributed by atoms with Gasteiger partial charge in [0.05, 0.1) is 22.1 Å². The van der Waals surface area contributed by atoms with Crippen LogP contribution in [0.1, 0.15) is 22.2 Å². The zero-order chi connectivity index (χ0) is 19.5. The normalized spacial score (nSPS) is 12.1. The Kier molecular flexibility index (Phi) is 6.09. The van der Waals surface area contributed by atoms with Gasteiger partial charge in [-0.3, -0.25) is 9.59 Å². The van der Waals surface area contributed by atoms with Crippen molar-refractivity contribution >= 4 is 40.6 Å². The quantitative estimate of drug-likeness (QED) is 0.322. The van der Waals surface area contributed by atoms with Crippen LogP contribution in [-0.4, -0.2) is 29.5 Å². The summed E-state index contributed by atoms with van der Waals surface area (Å²) in [6.45, 7) is 1.80. The van der Waals surface area contributed by atoms with Crippen molar-refractivity contribution in [2.75, 3.05) is 6.61 Å². The number of carbonyl (C=O) groups excluding carboxylic acids is 2. The molecule has 1 aromatic heterocycles. The van der Waals surface area contributed by atoms with E-state index < -0.39 is 23.3 Å². The van der Waals surface area contributed by atoms with Crippen LogP contribution in [0.4, 0.5) is 13.2 Å². The van der Waals surface area contributed by atoms with Gasteiger partial charge in [0.2, 0.25) is 5.78 Å². The topological polar surface area (TPSA) is 63.6 Å². The molecule has 138 valence electrons. The fourth-order valence-electron chi connectivity index (χ4n) is 2.04. The van der Waals surface area contributed by atoms with Crippen LogP contribution >= 0.6 is 22.9 Å². The summed E-state index contributed by atoms with van der Waals surface area (Å²) in [5.41, 5.74) is -1.04. The molecule has 1 aromatic carbocycles. The van der Waals surface area contributed by atoms with Crippen LogP contribution in [-0.2, 0) is 4.79 Å². The summed E-state index contributed by atoms with van der Waals surface area (Å²) in [6, 6.07) is 5.12. The third-order valence-electron chi connectivity index (χ3n) is 3.15. The first kappa shape index (κ1) is 20.0. The Hall–Kier alpha value is -2.32. The van der Waals surface area contributed by atoms with Gasteiger partial charge in [0, 0.05) is 0 Å². The number of ether oxygens (including phenoxy) is 1. The molecule has 0 spiro atoms. The van der Waals surface area contributed by atoms with E-state index in [2.05, 4.69) is 0 Å². The molecule has 0 aliphatic heterocycles. The summed E-state index contributed by atoms with van der Waals surface area (Å²) in [5, 5.41) is 11.1. The smallest absolute Gasteiger partial charge is 0.455 e. The number of thiophene rings is 1. The molecule has 2 rings (SSSR count). The van der Waals surface area contributed by atoms with E-state index >= 15 is 0 Å². The first-order chi connectivity index (χ1) is 12.1. The number of ketones is 2. The molecule has 2 aromatic rings. The summed E-state index contributed by atoms with van der Waals surface area (Å²) in [5.74, 6) is -3.78. The van der Waals surface area contributed by atoms with E-state index in [0.29, 0.717) is 0 Å². The number of benzene rings is 1. The number of hydrogen-bond acceptors (Lipinski definition) is 5. The fourth-order valence-corrected chi connectivity index (χ4v) is 2.93. The molecule has 0 saturated carbocycles. The Labute approximate surface area is 155 Å². The van der Waals surface area contributed by atoms with Gasteiger partial charge < -0.3 is 9.84 Å². The molecule has 0 radical (unpaired) electrons. The highest BCUT2D eigenvalue weighted by atomic mass is 35.5. The monoisotopic (exact) mass is 404 g/mol. The van der Waals surface area contributed by atoms with Gasteiger partial charge in [-0.25, -0.2) is 0 Å². The zero-order valence-corrected chi connectivity index (χ0v) is 14.8. The molecule has 9 heteroatoms. The molecule has 0 bridgehead atoms. The van der Waals surface area contributed by atoms with Crippen LogP contribution in [0, 0.1) is 0 Å². The third-order valence-corrected chi connectivity index (χ3v) is 4.31. The SMILES string of the molecule is CCOc1cc(/C=C(\C(=O)c2cccs2)C(=O)C(F)(F)F)cc(Cl)c1O. The maximum absolute atomic E-state index is 12.9. The summed E-state index contributed by atoms with van der Waals surface area (Å²) in [6.07, 6.45) is -4.44. The fraction of sp³-hybridized carbons (Fsp3) is 0.176. The number of Topliss-reactive ketones (excluding diaryl/α,β-unsaturated/α-hetero) is 2. The lowest BCUT2D eigenvalue weighted by atomic mass is 10.0. The predicted octanol–water partition coefficient (Wildman–Crippen LogP) is 4.90. The van der Waals surface area contributed by atoms with Crippen LogP contribution in [0.25, 0.3) is 6.08 Å². The van der Waals surface area contributed by atoms with Gasteiger partial charge in [-0.2, -0.15) is 13.2 Å². The largest absolute Gasteiger partial charge is 0.503 e. The van der Waals surface area contributed by atoms with Crippen LogP contribution in [0.15, 0.2) is 35.2 Å². The average molecular weight is 405 g/mol. The number of halogens is 4. The van der Waals surface area contributed by atoms with Crippen molar-refractivity contribution in [3.05, 3.63) is 50.7 Å². The van der Waals surface area contributed by atoms with E-state index in [1.165, 1.54) is 23.6 Å². The van der Waals surface area contributed by atoms with Crippen molar-refractivity contribution in [1.29, 1.82) is 0 Å². The molecule has 0 fully saturated rings. The Morgan fingerprint density at radius 1 is 1.35 bits per heavy atom. The van der Waals surface area contributed by atoms with Gasteiger partial charge in [0.25, 0.3) is 5.78 Å². The van der Waals surface area contributed by atoms with Crippen molar-refractivity contribution in [2.45, 2.75) is 13.1 Å². The number of hydrogen-bond donors (Lipinski definition) is 1. The number of rotatable bonds is 6. The molecular weight excluding hydrogens is 393 g/mol. The number of carbonyl (C=O) groups is 2. The van der Waals surface area contributed by atoms with E-state index in [4.69, 9.17) is 16.3 Å². The second-order valence-electron chi connectivity index (χ2n) is 4.97. The maximum Gasteiger partial charge on any atom is 0.455 e. The van der Waals surface area contributed by atoms with Gasteiger partial charge >= 0.3 is 6.18 Å². The van der Waals surface area contributed by atoms with Crippen LogP contribution in [0.5, 0.6) is 11.5 Å². The standard InChI is InChI=1S/C17H12ClF3O4S/c1-2-25-12-8-9(7-11(18)15(12)23)6-10(16(24)17(19,20)21)14(22)13-4-3-5-26-13/h3-8,23H,2H2,1H3/b10-6+. The molecule has 0 aliphatic carbocycles. The van der Waals surface area contributed by atoms with Gasteiger partial charge in [0.1, 0.15) is 0 Å². The Morgan fingerprint density at radius 3 is 2.58 bits per heavy atom. The van der Waals surface area contributed by atoms with Gasteiger partial charge in [-0.15, -0.1) is 11.3 Å². The molecular formula is C17H12ClF3O4S. The summed E-state index contributed by atoms with van der Waals surface area (Å²) in [4.78, 5) is 24.1. The van der Waals surface area contributed by atoms with Crippen molar-refractivity contribution < 1.29 is 32.6 Å². The first-order valence-corrected chi connectivity index (χ1v) is 8.47. The predicted molar refractivity (Wildman–Crippen MR) is 92.0 cm³/mol. The minimum atomic E-state index is -5.22. The molecule has 1 N–H and O–H groups in total. The van der Waals surface area contributed by atoms with Crippen molar-refractivity contribution in [2.24, 2.45) is 0 Å². The summed E-state index contributed by atoms with van der Waals surface area (Å²) in [7, 11) is 0. The highest BCUT2D eigenvalue weighted by Crippen LogP contribution is 2.36. The first-order valence-electron chi connectivity index (χ1n) is 7.21. The van der Waals surface area contributed by atoms with E-state index in [-0.39, 0.29) is 33.6 Å². The van der Waals surface area contributed by atoms with Gasteiger partial charge in [-0.1, -0.05) is 17.7 Å². The molecule has 0 amide bonds. The number of phenols is 1. The second-order valence-corrected chi connectivity index (χ2v) is 6.33. The zero-order valence-electron chi connectivity index (χ0n) is 13.3. The highest BCUT2D eigenvalue weighted by Gasteiger charge is 2.43. The molecule has 26 heavy (non-hydrogen) atoms. The van der Waals surface area contributed by atoms with Crippen LogP contribution in [0.2, 0.25) is 5.02 Å². The van der Waals surface area contributed by atoms with Crippen molar-refractivity contribution in [3.63, 3.8) is 0 Å². The minimum Gasteiger partial charge on any atom is -0.503 e. The Bertz CT molecular complexity index is 858. The number of phenolic OH excluding ortho intramolecular Hbond substituents is 1. The van der Waals surface area contributed by atoms with Crippen molar-refractivity contribution in [1.82, 2.24) is 0 Å². The lowest BCUT2D eigenvalue weighted by Crippen LogP contribution is -2.28. The van der Waals surface area contributed by atoms with E-state index in [1.807, 2.05) is 0 Å². The molecule has 0 atom stereocenters. The highest BCUT2D eigenvalue weighted by molar-refractivity contribution is 7.12. The van der Waals surface area contributed by atoms with Gasteiger partial charge in [-0.05, 0) is 42.1 Å². The number of allylic oxidation sites excluding steroid dienone is 1. The molecule has 4 nitrogen and oxygen atoms in total. The molecule has 0 aliphatic rings. The van der Waals surface area contributed by atoms with Crippen LogP contribution < -0.4 is 4.74 Å². The minimum absolute atomic E-state index is 0.00811. The van der Waals surface area contributed by atoms with Crippen molar-refractivity contribution in [3.8, 4) is 11.5 Å². The van der Waals surface area contributed by atoms with E-state index in [1.54, 1.807) is 6.92 Å². The molecule has 1 heterocycles. The lowest BCUT2D eigenvalue weighted by Gasteiger charge is -2.11. The van der Waals surface area contributed by atoms with E-state index in [9.17, 15) is 27.9 Å². The lowest BCUT2D eigenvalue weighted by molar-refractivity contribution is -0.166. The maximum atomic E-state index is 12.9. The summed E-state index contributed by atoms with van der Waals surface area (Å²) < 4.78 is 43.9. The van der Waals surface area contributed by atoms with Crippen LogP contribution in [0.3, 0.4) is 0 Å². The van der Waals surface area contributed by atoms with E-state index in [0.717, 1.165) is 23.5 Å².